The summed E-state index contributed by atoms with van der Waals surface area (Å²) in [5.41, 5.74) is 0.526. The fraction of sp³-hybridized carbons (Fsp3) is 1.00. The summed E-state index contributed by atoms with van der Waals surface area (Å²) in [6.07, 6.45) is 9.71. The predicted octanol–water partition coefficient (Wildman–Crippen LogP) is 4.30. The van der Waals surface area contributed by atoms with E-state index in [1.165, 1.54) is 64.6 Å². The first-order valence-electron chi connectivity index (χ1n) is 8.89. The molecule has 2 heteroatoms. The lowest BCUT2D eigenvalue weighted by Crippen LogP contribution is -2.46. The van der Waals surface area contributed by atoms with Crippen LogP contribution < -0.4 is 5.32 Å². The van der Waals surface area contributed by atoms with E-state index in [0.29, 0.717) is 11.5 Å². The number of rotatable bonds is 9. The third-order valence-corrected chi connectivity index (χ3v) is 4.97. The Hall–Kier alpha value is -0.0800. The number of unbranched alkanes of at least 4 members (excludes halogenated alkanes) is 2. The summed E-state index contributed by atoms with van der Waals surface area (Å²) >= 11 is 0. The molecule has 0 aliphatic heterocycles. The van der Waals surface area contributed by atoms with E-state index in [1.807, 2.05) is 0 Å². The Morgan fingerprint density at radius 2 is 1.85 bits per heavy atom. The van der Waals surface area contributed by atoms with Crippen molar-refractivity contribution in [2.75, 3.05) is 26.7 Å². The number of hydrogen-bond acceptors (Lipinski definition) is 2. The number of nitrogens with zero attached hydrogens (tertiary/aromatic N) is 1. The molecule has 0 saturated heterocycles. The highest BCUT2D eigenvalue weighted by Gasteiger charge is 2.34. The van der Waals surface area contributed by atoms with E-state index in [2.05, 4.69) is 45.0 Å². The Morgan fingerprint density at radius 3 is 2.40 bits per heavy atom. The molecule has 1 aliphatic rings. The molecule has 1 saturated carbocycles. The molecule has 0 heterocycles. The summed E-state index contributed by atoms with van der Waals surface area (Å²) in [6, 6.07) is 0.608. The molecule has 0 aromatic rings. The van der Waals surface area contributed by atoms with Crippen LogP contribution in [0.2, 0.25) is 0 Å². The van der Waals surface area contributed by atoms with E-state index in [1.54, 1.807) is 0 Å². The third-order valence-electron chi connectivity index (χ3n) is 4.97. The minimum Gasteiger partial charge on any atom is -0.314 e. The van der Waals surface area contributed by atoms with Crippen LogP contribution in [0, 0.1) is 11.3 Å². The normalized spacial score (nSPS) is 27.4. The molecule has 20 heavy (non-hydrogen) atoms. The second kappa shape index (κ2) is 9.04. The Kier molecular flexibility index (Phi) is 8.13. The fourth-order valence-electron chi connectivity index (χ4n) is 3.47. The Balaban J connectivity index is 2.49. The molecule has 0 bridgehead atoms. The van der Waals surface area contributed by atoms with Crippen molar-refractivity contribution >= 4 is 0 Å². The van der Waals surface area contributed by atoms with Crippen LogP contribution in [-0.2, 0) is 0 Å². The van der Waals surface area contributed by atoms with Gasteiger partial charge in [-0.25, -0.2) is 0 Å². The first-order chi connectivity index (χ1) is 9.47. The SMILES string of the molecule is CCCCCN(C)CC1(CNC(C)C)CCC(C)CC1. The van der Waals surface area contributed by atoms with E-state index in [4.69, 9.17) is 0 Å². The van der Waals surface area contributed by atoms with Gasteiger partial charge in [-0.15, -0.1) is 0 Å². The highest BCUT2D eigenvalue weighted by Crippen LogP contribution is 2.39. The average Bonchev–Trinajstić information content (AvgIpc) is 2.40. The van der Waals surface area contributed by atoms with Gasteiger partial charge in [0, 0.05) is 19.1 Å². The van der Waals surface area contributed by atoms with Gasteiger partial charge in [-0.05, 0) is 44.2 Å². The summed E-state index contributed by atoms with van der Waals surface area (Å²) in [7, 11) is 2.32. The molecule has 0 unspecified atom stereocenters. The molecule has 1 aliphatic carbocycles. The van der Waals surface area contributed by atoms with Gasteiger partial charge < -0.3 is 10.2 Å². The Morgan fingerprint density at radius 1 is 1.20 bits per heavy atom. The summed E-state index contributed by atoms with van der Waals surface area (Å²) in [4.78, 5) is 2.59. The highest BCUT2D eigenvalue weighted by atomic mass is 15.1. The molecule has 0 aromatic heterocycles. The molecule has 0 atom stereocenters. The van der Waals surface area contributed by atoms with E-state index >= 15 is 0 Å². The highest BCUT2D eigenvalue weighted by molar-refractivity contribution is 4.89. The Bertz CT molecular complexity index is 242. The van der Waals surface area contributed by atoms with Crippen LogP contribution in [0.15, 0.2) is 0 Å². The lowest BCUT2D eigenvalue weighted by Gasteiger charge is -2.42. The van der Waals surface area contributed by atoms with Gasteiger partial charge in [0.15, 0.2) is 0 Å². The zero-order valence-electron chi connectivity index (χ0n) is 14.7. The van der Waals surface area contributed by atoms with Crippen molar-refractivity contribution < 1.29 is 0 Å². The van der Waals surface area contributed by atoms with E-state index in [-0.39, 0.29) is 0 Å². The largest absolute Gasteiger partial charge is 0.314 e. The summed E-state index contributed by atoms with van der Waals surface area (Å²) < 4.78 is 0. The molecule has 0 aromatic carbocycles. The van der Waals surface area contributed by atoms with Crippen molar-refractivity contribution in [2.45, 2.75) is 78.7 Å². The van der Waals surface area contributed by atoms with Crippen molar-refractivity contribution in [3.05, 3.63) is 0 Å². The van der Waals surface area contributed by atoms with Crippen molar-refractivity contribution in [1.82, 2.24) is 10.2 Å². The minimum absolute atomic E-state index is 0.526. The molecule has 1 fully saturated rings. The molecule has 1 N–H and O–H groups in total. The molecule has 120 valence electrons. The van der Waals surface area contributed by atoms with Crippen LogP contribution >= 0.6 is 0 Å². The van der Waals surface area contributed by atoms with Gasteiger partial charge >= 0.3 is 0 Å². The molecule has 1 rings (SSSR count). The smallest absolute Gasteiger partial charge is 0.00471 e. The Labute approximate surface area is 127 Å². The first-order valence-corrected chi connectivity index (χ1v) is 8.89. The van der Waals surface area contributed by atoms with Gasteiger partial charge in [0.25, 0.3) is 0 Å². The van der Waals surface area contributed by atoms with E-state index in [9.17, 15) is 0 Å². The second-order valence-electron chi connectivity index (χ2n) is 7.66. The minimum atomic E-state index is 0.526. The monoisotopic (exact) mass is 282 g/mol. The van der Waals surface area contributed by atoms with Gasteiger partial charge in [0.2, 0.25) is 0 Å². The zero-order chi connectivity index (χ0) is 15.0. The van der Waals surface area contributed by atoms with Crippen LogP contribution in [0.5, 0.6) is 0 Å². The van der Waals surface area contributed by atoms with E-state index in [0.717, 1.165) is 5.92 Å². The van der Waals surface area contributed by atoms with Crippen LogP contribution in [0.25, 0.3) is 0 Å². The predicted molar refractivity (Wildman–Crippen MR) is 90.2 cm³/mol. The standard InChI is InChI=1S/C18H38N2/c1-6-7-8-13-20(5)15-18(14-19-16(2)3)11-9-17(4)10-12-18/h16-17,19H,6-15H2,1-5H3. The maximum absolute atomic E-state index is 3.72. The van der Waals surface area contributed by atoms with E-state index < -0.39 is 0 Å². The van der Waals surface area contributed by atoms with Crippen molar-refractivity contribution in [3.63, 3.8) is 0 Å². The van der Waals surface area contributed by atoms with Crippen molar-refractivity contribution in [3.8, 4) is 0 Å². The van der Waals surface area contributed by atoms with Crippen molar-refractivity contribution in [2.24, 2.45) is 11.3 Å². The summed E-state index contributed by atoms with van der Waals surface area (Å²) in [6.45, 7) is 13.0. The van der Waals surface area contributed by atoms with Gasteiger partial charge in [-0.2, -0.15) is 0 Å². The molecule has 2 nitrogen and oxygen atoms in total. The molecular weight excluding hydrogens is 244 g/mol. The summed E-state index contributed by atoms with van der Waals surface area (Å²) in [5, 5.41) is 3.72. The van der Waals surface area contributed by atoms with Crippen LogP contribution in [0.3, 0.4) is 0 Å². The summed E-state index contributed by atoms with van der Waals surface area (Å²) in [5.74, 6) is 0.938. The molecular formula is C18H38N2. The lowest BCUT2D eigenvalue weighted by atomic mass is 9.70. The van der Waals surface area contributed by atoms with Gasteiger partial charge in [-0.1, -0.05) is 53.4 Å². The maximum atomic E-state index is 3.72. The van der Waals surface area contributed by atoms with Gasteiger partial charge in [0.1, 0.15) is 0 Å². The molecule has 0 amide bonds. The third kappa shape index (κ3) is 6.58. The van der Waals surface area contributed by atoms with Crippen LogP contribution in [-0.4, -0.2) is 37.6 Å². The zero-order valence-corrected chi connectivity index (χ0v) is 14.7. The number of hydrogen-bond donors (Lipinski definition) is 1. The molecule has 0 radical (unpaired) electrons. The molecule has 0 spiro atoms. The quantitative estimate of drug-likeness (QED) is 0.634. The van der Waals surface area contributed by atoms with Gasteiger partial charge in [-0.3, -0.25) is 0 Å². The van der Waals surface area contributed by atoms with Crippen LogP contribution in [0.4, 0.5) is 0 Å². The average molecular weight is 283 g/mol. The maximum Gasteiger partial charge on any atom is 0.00471 e. The topological polar surface area (TPSA) is 15.3 Å². The van der Waals surface area contributed by atoms with Gasteiger partial charge in [0.05, 0.1) is 0 Å². The fourth-order valence-corrected chi connectivity index (χ4v) is 3.47. The van der Waals surface area contributed by atoms with Crippen molar-refractivity contribution in [1.29, 1.82) is 0 Å². The van der Waals surface area contributed by atoms with Crippen LogP contribution in [0.1, 0.15) is 72.6 Å². The number of nitrogens with one attached hydrogen (secondary N) is 1. The first kappa shape index (κ1) is 18.0. The lowest BCUT2D eigenvalue weighted by molar-refractivity contribution is 0.0959. The second-order valence-corrected chi connectivity index (χ2v) is 7.66.